The second-order valence-electron chi connectivity index (χ2n) is 1.31. The zero-order chi connectivity index (χ0) is 9.28. The molecule has 4 nitrogen and oxygen atoms in total. The first-order chi connectivity index (χ1) is 4.72. The van der Waals surface area contributed by atoms with Crippen molar-refractivity contribution >= 4 is 10.3 Å². The molecule has 0 aromatic rings. The largest absolute Gasteiger partial charge is 0.503 e. The number of hydrogen-bond acceptors (Lipinski definition) is 3. The fourth-order valence-electron chi connectivity index (χ4n) is 0.192. The number of nitrogens with zero attached hydrogens (tertiary/aromatic N) is 1. The van der Waals surface area contributed by atoms with Crippen molar-refractivity contribution < 1.29 is 30.3 Å². The lowest BCUT2D eigenvalue weighted by Crippen LogP contribution is -2.36. The SMILES string of the molecule is COS(=O)(=O)N(F)C(F)(F)F. The fourth-order valence-corrected chi connectivity index (χ4v) is 0.577. The van der Waals surface area contributed by atoms with Crippen LogP contribution in [0.1, 0.15) is 0 Å². The third-order valence-electron chi connectivity index (χ3n) is 0.606. The van der Waals surface area contributed by atoms with Gasteiger partial charge in [-0.05, 0) is 0 Å². The van der Waals surface area contributed by atoms with Crippen LogP contribution in [-0.4, -0.2) is 26.4 Å². The van der Waals surface area contributed by atoms with Crippen molar-refractivity contribution in [2.45, 2.75) is 6.30 Å². The zero-order valence-electron chi connectivity index (χ0n) is 5.09. The van der Waals surface area contributed by atoms with Gasteiger partial charge in [0.25, 0.3) is 0 Å². The van der Waals surface area contributed by atoms with Crippen molar-refractivity contribution in [3.05, 3.63) is 0 Å². The smallest absolute Gasteiger partial charge is 0.259 e. The summed E-state index contributed by atoms with van der Waals surface area (Å²) in [6.07, 6.45) is -5.60. The van der Waals surface area contributed by atoms with E-state index in [0.717, 1.165) is 0 Å². The van der Waals surface area contributed by atoms with Crippen LogP contribution in [0.25, 0.3) is 0 Å². The van der Waals surface area contributed by atoms with Gasteiger partial charge < -0.3 is 0 Å². The van der Waals surface area contributed by atoms with Crippen molar-refractivity contribution in [3.8, 4) is 0 Å². The zero-order valence-corrected chi connectivity index (χ0v) is 5.91. The topological polar surface area (TPSA) is 46.6 Å². The van der Waals surface area contributed by atoms with Crippen molar-refractivity contribution in [1.82, 2.24) is 4.53 Å². The van der Waals surface area contributed by atoms with Crippen molar-refractivity contribution in [3.63, 3.8) is 0 Å². The molecule has 11 heavy (non-hydrogen) atoms. The highest BCUT2D eigenvalue weighted by molar-refractivity contribution is 7.84. The minimum absolute atomic E-state index is 0.410. The lowest BCUT2D eigenvalue weighted by atomic mass is 11.2. The summed E-state index contributed by atoms with van der Waals surface area (Å²) in [6.45, 7) is 0. The maximum absolute atomic E-state index is 11.7. The van der Waals surface area contributed by atoms with Gasteiger partial charge in [0.2, 0.25) is 0 Å². The molecule has 0 amide bonds. The van der Waals surface area contributed by atoms with Crippen LogP contribution in [0.5, 0.6) is 0 Å². The Morgan fingerprint density at radius 1 is 1.36 bits per heavy atom. The molecule has 0 rings (SSSR count). The monoisotopic (exact) mass is 197 g/mol. The van der Waals surface area contributed by atoms with Crippen LogP contribution in [0.15, 0.2) is 0 Å². The van der Waals surface area contributed by atoms with Gasteiger partial charge in [0.05, 0.1) is 11.6 Å². The van der Waals surface area contributed by atoms with E-state index in [0.29, 0.717) is 7.11 Å². The van der Waals surface area contributed by atoms with E-state index in [1.807, 2.05) is 0 Å². The van der Waals surface area contributed by atoms with E-state index in [4.69, 9.17) is 0 Å². The number of alkyl halides is 3. The molecule has 0 N–H and O–H groups in total. The van der Waals surface area contributed by atoms with Gasteiger partial charge in [-0.3, -0.25) is 4.18 Å². The van der Waals surface area contributed by atoms with E-state index < -0.39 is 21.1 Å². The molecule has 0 heterocycles. The minimum Gasteiger partial charge on any atom is -0.259 e. The van der Waals surface area contributed by atoms with Crippen molar-refractivity contribution in [1.29, 1.82) is 0 Å². The Morgan fingerprint density at radius 3 is 1.82 bits per heavy atom. The molecule has 0 saturated heterocycles. The van der Waals surface area contributed by atoms with E-state index in [2.05, 4.69) is 4.18 Å². The summed E-state index contributed by atoms with van der Waals surface area (Å²) in [5, 5.41) is 0. The summed E-state index contributed by atoms with van der Waals surface area (Å²) in [6, 6.07) is 0. The third-order valence-corrected chi connectivity index (χ3v) is 1.63. The van der Waals surface area contributed by atoms with E-state index >= 15 is 0 Å². The molecule has 0 bridgehead atoms. The van der Waals surface area contributed by atoms with Crippen molar-refractivity contribution in [2.24, 2.45) is 0 Å². The predicted octanol–water partition coefficient (Wildman–Crippen LogP) is 0.584. The van der Waals surface area contributed by atoms with Crippen LogP contribution >= 0.6 is 0 Å². The lowest BCUT2D eigenvalue weighted by Gasteiger charge is -2.12. The Balaban J connectivity index is 4.64. The number of hydrogen-bond donors (Lipinski definition) is 0. The quantitative estimate of drug-likeness (QED) is 0.369. The molecule has 0 atom stereocenters. The fraction of sp³-hybridized carbons (Fsp3) is 1.00. The molecule has 0 aliphatic heterocycles. The highest BCUT2D eigenvalue weighted by Crippen LogP contribution is 2.25. The van der Waals surface area contributed by atoms with Crippen LogP contribution < -0.4 is 0 Å². The summed E-state index contributed by atoms with van der Waals surface area (Å²) < 4.78 is 66.2. The van der Waals surface area contributed by atoms with Crippen LogP contribution in [0, 0.1) is 0 Å². The van der Waals surface area contributed by atoms with Gasteiger partial charge in [-0.25, -0.2) is 0 Å². The van der Waals surface area contributed by atoms with Gasteiger partial charge in [-0.1, -0.05) is 0 Å². The van der Waals surface area contributed by atoms with Gasteiger partial charge in [-0.15, -0.1) is 4.48 Å². The maximum atomic E-state index is 11.7. The standard InChI is InChI=1S/C2H3F4NO3S/c1-10-11(8,9)7(6)2(3,4)5/h1H3. The normalized spacial score (nSPS) is 14.0. The predicted molar refractivity (Wildman–Crippen MR) is 24.9 cm³/mol. The molecule has 68 valence electrons. The number of halogens is 4. The molecule has 0 unspecified atom stereocenters. The molecule has 0 aromatic heterocycles. The lowest BCUT2D eigenvalue weighted by molar-refractivity contribution is -0.269. The molecule has 0 spiro atoms. The van der Waals surface area contributed by atoms with Crippen LogP contribution in [0.3, 0.4) is 0 Å². The Bertz CT molecular complexity index is 220. The van der Waals surface area contributed by atoms with E-state index in [1.165, 1.54) is 0 Å². The Kier molecular flexibility index (Phi) is 2.80. The van der Waals surface area contributed by atoms with Crippen LogP contribution in [0.2, 0.25) is 0 Å². The Morgan fingerprint density at radius 2 is 1.73 bits per heavy atom. The summed E-state index contributed by atoms with van der Waals surface area (Å²) in [4.78, 5) is 0. The average molecular weight is 197 g/mol. The summed E-state index contributed by atoms with van der Waals surface area (Å²) in [7, 11) is -4.90. The van der Waals surface area contributed by atoms with Crippen LogP contribution in [-0.2, 0) is 14.5 Å². The maximum Gasteiger partial charge on any atom is 0.503 e. The first kappa shape index (κ1) is 10.6. The molecular formula is C2H3F4NO3S. The highest BCUT2D eigenvalue weighted by atomic mass is 32.2. The summed E-state index contributed by atoms with van der Waals surface area (Å²) in [5.41, 5.74) is 0. The molecule has 0 saturated carbocycles. The van der Waals surface area contributed by atoms with Gasteiger partial charge in [0.1, 0.15) is 0 Å². The first-order valence-corrected chi connectivity index (χ1v) is 3.42. The second-order valence-corrected chi connectivity index (χ2v) is 2.82. The van der Waals surface area contributed by atoms with E-state index in [9.17, 15) is 26.1 Å². The van der Waals surface area contributed by atoms with Gasteiger partial charge in [-0.2, -0.15) is 21.6 Å². The first-order valence-electron chi connectivity index (χ1n) is 2.05. The Labute approximate surface area is 59.5 Å². The minimum atomic E-state index is -5.60. The van der Waals surface area contributed by atoms with Gasteiger partial charge in [0, 0.05) is 0 Å². The Hall–Kier alpha value is -0.410. The molecular weight excluding hydrogens is 194 g/mol. The second kappa shape index (κ2) is 2.91. The molecule has 0 radical (unpaired) electrons. The third kappa shape index (κ3) is 2.60. The van der Waals surface area contributed by atoms with E-state index in [1.54, 1.807) is 0 Å². The molecule has 0 aromatic carbocycles. The highest BCUT2D eigenvalue weighted by Gasteiger charge is 2.47. The summed E-state index contributed by atoms with van der Waals surface area (Å²) in [5.74, 6) is 0. The van der Waals surface area contributed by atoms with Gasteiger partial charge >= 0.3 is 16.6 Å². The molecule has 9 heteroatoms. The number of rotatable bonds is 2. The molecule has 0 aliphatic rings. The summed E-state index contributed by atoms with van der Waals surface area (Å²) >= 11 is 0. The van der Waals surface area contributed by atoms with E-state index in [-0.39, 0.29) is 0 Å². The average Bonchev–Trinajstić information content (AvgIpc) is 1.84. The van der Waals surface area contributed by atoms with Crippen molar-refractivity contribution in [2.75, 3.05) is 7.11 Å². The molecule has 0 aliphatic carbocycles. The van der Waals surface area contributed by atoms with Crippen LogP contribution in [0.4, 0.5) is 17.7 Å². The van der Waals surface area contributed by atoms with Gasteiger partial charge in [0.15, 0.2) is 0 Å². The molecule has 0 fully saturated rings.